The Morgan fingerprint density at radius 1 is 1.67 bits per heavy atom. The molecule has 1 rings (SSSR count). The number of nitro groups is 1. The fourth-order valence-electron chi connectivity index (χ4n) is 1.21. The monoisotopic (exact) mass is 169 g/mol. The van der Waals surface area contributed by atoms with Crippen molar-refractivity contribution >= 4 is 5.82 Å². The lowest BCUT2D eigenvalue weighted by Gasteiger charge is -2.04. The average Bonchev–Trinajstić information content (AvgIpc) is 2.30. The number of aromatic nitrogens is 2. The van der Waals surface area contributed by atoms with Crippen LogP contribution < -0.4 is 0 Å². The van der Waals surface area contributed by atoms with Crippen molar-refractivity contribution in [1.29, 1.82) is 0 Å². The second kappa shape index (κ2) is 2.92. The Kier molecular flexibility index (Phi) is 2.12. The van der Waals surface area contributed by atoms with Crippen molar-refractivity contribution in [3.8, 4) is 0 Å². The highest BCUT2D eigenvalue weighted by molar-refractivity contribution is 5.19. The molecule has 1 aromatic rings. The van der Waals surface area contributed by atoms with Crippen molar-refractivity contribution in [2.75, 3.05) is 0 Å². The summed E-state index contributed by atoms with van der Waals surface area (Å²) < 4.78 is 1.60. The van der Waals surface area contributed by atoms with Gasteiger partial charge in [-0.2, -0.15) is 0 Å². The second-order valence-electron chi connectivity index (χ2n) is 2.88. The Morgan fingerprint density at radius 2 is 2.25 bits per heavy atom. The molecule has 0 radical (unpaired) electrons. The second-order valence-corrected chi connectivity index (χ2v) is 2.88. The Hall–Kier alpha value is -1.39. The molecular formula is C7H11N3O2. The molecule has 1 heterocycles. The maximum Gasteiger partial charge on any atom is 0.343 e. The normalized spacial score (nSPS) is 10.7. The van der Waals surface area contributed by atoms with E-state index < -0.39 is 4.92 Å². The van der Waals surface area contributed by atoms with Crippen LogP contribution in [-0.4, -0.2) is 14.5 Å². The van der Waals surface area contributed by atoms with Crippen molar-refractivity contribution < 1.29 is 4.92 Å². The van der Waals surface area contributed by atoms with Crippen LogP contribution in [0.25, 0.3) is 0 Å². The Labute approximate surface area is 70.2 Å². The molecule has 0 saturated heterocycles. The standard InChI is InChI=1S/C7H11N3O2/c1-5(2)9-6(3)8-4-7(9)10(11)12/h4-5H,1-3H3. The van der Waals surface area contributed by atoms with Crippen LogP contribution in [-0.2, 0) is 0 Å². The number of hydrogen-bond donors (Lipinski definition) is 0. The van der Waals surface area contributed by atoms with Gasteiger partial charge in [-0.15, -0.1) is 0 Å². The lowest BCUT2D eigenvalue weighted by molar-refractivity contribution is -0.392. The third kappa shape index (κ3) is 1.30. The van der Waals surface area contributed by atoms with E-state index in [1.807, 2.05) is 13.8 Å². The van der Waals surface area contributed by atoms with Crippen LogP contribution in [0.4, 0.5) is 5.82 Å². The highest BCUT2D eigenvalue weighted by Gasteiger charge is 2.19. The molecule has 66 valence electrons. The molecule has 0 unspecified atom stereocenters. The van der Waals surface area contributed by atoms with Gasteiger partial charge < -0.3 is 10.1 Å². The van der Waals surface area contributed by atoms with Gasteiger partial charge in [0.15, 0.2) is 5.82 Å². The van der Waals surface area contributed by atoms with Crippen LogP contribution in [0.3, 0.4) is 0 Å². The molecule has 0 N–H and O–H groups in total. The highest BCUT2D eigenvalue weighted by Crippen LogP contribution is 2.18. The summed E-state index contributed by atoms with van der Waals surface area (Å²) in [7, 11) is 0. The van der Waals surface area contributed by atoms with Gasteiger partial charge in [0, 0.05) is 6.92 Å². The van der Waals surface area contributed by atoms with Crippen LogP contribution in [0.15, 0.2) is 6.20 Å². The molecule has 0 saturated carbocycles. The van der Waals surface area contributed by atoms with E-state index in [0.717, 1.165) is 0 Å². The zero-order chi connectivity index (χ0) is 9.30. The third-order valence-electron chi connectivity index (χ3n) is 1.67. The van der Waals surface area contributed by atoms with Gasteiger partial charge >= 0.3 is 5.82 Å². The minimum Gasteiger partial charge on any atom is -0.358 e. The van der Waals surface area contributed by atoms with Gasteiger partial charge in [-0.25, -0.2) is 9.55 Å². The molecule has 0 aliphatic carbocycles. The topological polar surface area (TPSA) is 61.0 Å². The number of nitrogens with zero attached hydrogens (tertiary/aromatic N) is 3. The van der Waals surface area contributed by atoms with Gasteiger partial charge in [0.25, 0.3) is 0 Å². The van der Waals surface area contributed by atoms with Crippen molar-refractivity contribution in [2.45, 2.75) is 26.8 Å². The smallest absolute Gasteiger partial charge is 0.343 e. The highest BCUT2D eigenvalue weighted by atomic mass is 16.6. The molecule has 5 heteroatoms. The van der Waals surface area contributed by atoms with Crippen LogP contribution in [0, 0.1) is 17.0 Å². The van der Waals surface area contributed by atoms with Crippen molar-refractivity contribution in [1.82, 2.24) is 9.55 Å². The van der Waals surface area contributed by atoms with E-state index in [1.165, 1.54) is 6.20 Å². The van der Waals surface area contributed by atoms with E-state index >= 15 is 0 Å². The van der Waals surface area contributed by atoms with Gasteiger partial charge in [0.2, 0.25) is 0 Å². The van der Waals surface area contributed by atoms with Crippen LogP contribution >= 0.6 is 0 Å². The molecule has 12 heavy (non-hydrogen) atoms. The summed E-state index contributed by atoms with van der Waals surface area (Å²) in [6.07, 6.45) is 1.29. The molecule has 0 spiro atoms. The van der Waals surface area contributed by atoms with Gasteiger partial charge in [-0.05, 0) is 18.8 Å². The van der Waals surface area contributed by atoms with Gasteiger partial charge in [-0.3, -0.25) is 0 Å². The molecule has 0 aliphatic heterocycles. The molecule has 0 aliphatic rings. The number of imidazole rings is 1. The van der Waals surface area contributed by atoms with Gasteiger partial charge in [0.05, 0.1) is 6.04 Å². The van der Waals surface area contributed by atoms with E-state index in [1.54, 1.807) is 11.5 Å². The first-order valence-electron chi connectivity index (χ1n) is 3.72. The summed E-state index contributed by atoms with van der Waals surface area (Å²) in [4.78, 5) is 13.9. The molecule has 0 atom stereocenters. The molecule has 0 fully saturated rings. The van der Waals surface area contributed by atoms with E-state index in [-0.39, 0.29) is 11.9 Å². The summed E-state index contributed by atoms with van der Waals surface area (Å²) >= 11 is 0. The number of rotatable bonds is 2. The Morgan fingerprint density at radius 3 is 2.58 bits per heavy atom. The summed E-state index contributed by atoms with van der Waals surface area (Å²) in [5.74, 6) is 0.735. The zero-order valence-electron chi connectivity index (χ0n) is 7.31. The minimum atomic E-state index is -0.417. The Balaban J connectivity index is 3.21. The predicted octanol–water partition coefficient (Wildman–Crippen LogP) is 1.68. The summed E-state index contributed by atoms with van der Waals surface area (Å²) in [6.45, 7) is 5.54. The lowest BCUT2D eigenvalue weighted by atomic mass is 10.4. The van der Waals surface area contributed by atoms with Crippen LogP contribution in [0.1, 0.15) is 25.7 Å². The van der Waals surface area contributed by atoms with Crippen LogP contribution in [0.5, 0.6) is 0 Å². The third-order valence-corrected chi connectivity index (χ3v) is 1.67. The first-order chi connectivity index (χ1) is 5.54. The first kappa shape index (κ1) is 8.70. The fourth-order valence-corrected chi connectivity index (χ4v) is 1.21. The summed E-state index contributed by atoms with van der Waals surface area (Å²) in [6, 6.07) is 0.0768. The lowest BCUT2D eigenvalue weighted by Crippen LogP contribution is -2.06. The van der Waals surface area contributed by atoms with Gasteiger partial charge in [-0.1, -0.05) is 0 Å². The minimum absolute atomic E-state index is 0.0579. The first-order valence-corrected chi connectivity index (χ1v) is 3.72. The predicted molar refractivity (Wildman–Crippen MR) is 44.0 cm³/mol. The van der Waals surface area contributed by atoms with E-state index in [9.17, 15) is 10.1 Å². The number of aryl methyl sites for hydroxylation is 1. The molecule has 0 aromatic carbocycles. The average molecular weight is 169 g/mol. The number of hydrogen-bond acceptors (Lipinski definition) is 3. The molecular weight excluding hydrogens is 158 g/mol. The maximum absolute atomic E-state index is 10.5. The molecule has 0 amide bonds. The quantitative estimate of drug-likeness (QED) is 0.499. The molecule has 0 bridgehead atoms. The fraction of sp³-hybridized carbons (Fsp3) is 0.571. The van der Waals surface area contributed by atoms with Crippen molar-refractivity contribution in [3.05, 3.63) is 22.1 Å². The molecule has 1 aromatic heterocycles. The van der Waals surface area contributed by atoms with Gasteiger partial charge in [0.1, 0.15) is 6.20 Å². The zero-order valence-corrected chi connectivity index (χ0v) is 7.31. The largest absolute Gasteiger partial charge is 0.358 e. The van der Waals surface area contributed by atoms with E-state index in [0.29, 0.717) is 5.82 Å². The maximum atomic E-state index is 10.5. The van der Waals surface area contributed by atoms with E-state index in [4.69, 9.17) is 0 Å². The summed E-state index contributed by atoms with van der Waals surface area (Å²) in [5.41, 5.74) is 0. The Bertz CT molecular complexity index is 304. The molecule has 5 nitrogen and oxygen atoms in total. The summed E-state index contributed by atoms with van der Waals surface area (Å²) in [5, 5.41) is 10.5. The SMILES string of the molecule is Cc1ncc([N+](=O)[O-])n1C(C)C. The van der Waals surface area contributed by atoms with Crippen LogP contribution in [0.2, 0.25) is 0 Å². The van der Waals surface area contributed by atoms with E-state index in [2.05, 4.69) is 4.98 Å². The van der Waals surface area contributed by atoms with Crippen molar-refractivity contribution in [3.63, 3.8) is 0 Å². The van der Waals surface area contributed by atoms with Crippen molar-refractivity contribution in [2.24, 2.45) is 0 Å².